The Morgan fingerprint density at radius 2 is 1.77 bits per heavy atom. The van der Waals surface area contributed by atoms with Gasteiger partial charge in [-0.3, -0.25) is 5.43 Å². The van der Waals surface area contributed by atoms with Gasteiger partial charge in [0.25, 0.3) is 0 Å². The molecule has 2 heterocycles. The first-order valence-electron chi connectivity index (χ1n) is 8.38. The number of rotatable bonds is 2. The summed E-state index contributed by atoms with van der Waals surface area (Å²) in [6, 6.07) is 16.8. The van der Waals surface area contributed by atoms with Crippen LogP contribution in [-0.4, -0.2) is 14.9 Å². The summed E-state index contributed by atoms with van der Waals surface area (Å²) in [5.41, 5.74) is 8.06. The number of fused-ring (bicyclic) bond motifs is 1. The lowest BCUT2D eigenvalue weighted by Crippen LogP contribution is -2.18. The second-order valence-corrected chi connectivity index (χ2v) is 8.99. The molecule has 1 aromatic heterocycles. The lowest BCUT2D eigenvalue weighted by molar-refractivity contribution is 0.590. The van der Waals surface area contributed by atoms with Crippen molar-refractivity contribution >= 4 is 33.4 Å². The minimum absolute atomic E-state index is 0.132. The predicted molar refractivity (Wildman–Crippen MR) is 111 cm³/mol. The summed E-state index contributed by atoms with van der Waals surface area (Å²) in [7, 11) is 0. The summed E-state index contributed by atoms with van der Waals surface area (Å²) in [4.78, 5) is 0. The summed E-state index contributed by atoms with van der Waals surface area (Å²) >= 11 is 5.10. The summed E-state index contributed by atoms with van der Waals surface area (Å²) in [5.74, 6) is 0.813. The third-order valence-corrected chi connectivity index (χ3v) is 5.61. The van der Waals surface area contributed by atoms with Crippen LogP contribution < -0.4 is 5.43 Å². The molecule has 1 aliphatic rings. The normalized spacial score (nSPS) is 13.8. The molecule has 0 fully saturated rings. The van der Waals surface area contributed by atoms with Crippen molar-refractivity contribution in [3.8, 4) is 11.4 Å². The Kier molecular flexibility index (Phi) is 4.40. The van der Waals surface area contributed by atoms with E-state index in [-0.39, 0.29) is 5.41 Å². The van der Waals surface area contributed by atoms with Gasteiger partial charge in [-0.25, -0.2) is 4.68 Å². The maximum atomic E-state index is 4.39. The average Bonchev–Trinajstić information content (AvgIpc) is 3.04. The van der Waals surface area contributed by atoms with Crippen molar-refractivity contribution in [2.24, 2.45) is 0 Å². The van der Waals surface area contributed by atoms with Crippen LogP contribution in [0.2, 0.25) is 0 Å². The van der Waals surface area contributed by atoms with E-state index in [0.29, 0.717) is 0 Å². The van der Waals surface area contributed by atoms with Gasteiger partial charge < -0.3 is 0 Å². The summed E-state index contributed by atoms with van der Waals surface area (Å²) in [6.07, 6.45) is 0. The Labute approximate surface area is 165 Å². The van der Waals surface area contributed by atoms with Gasteiger partial charge in [0.2, 0.25) is 5.16 Å². The average molecular weight is 427 g/mol. The molecular weight excluding hydrogens is 408 g/mol. The molecule has 0 unspecified atom stereocenters. The highest BCUT2D eigenvalue weighted by molar-refractivity contribution is 9.10. The molecule has 1 N–H and O–H groups in total. The molecule has 4 rings (SSSR count). The largest absolute Gasteiger partial charge is 0.289 e. The second kappa shape index (κ2) is 6.59. The van der Waals surface area contributed by atoms with Gasteiger partial charge in [-0.2, -0.15) is 0 Å². The number of nitrogens with zero attached hydrogens (tertiary/aromatic N) is 3. The Bertz CT molecular complexity index is 984. The number of hydrogen-bond acceptors (Lipinski definition) is 4. The smallest absolute Gasteiger partial charge is 0.214 e. The minimum atomic E-state index is 0.132. The van der Waals surface area contributed by atoms with Crippen LogP contribution in [0.25, 0.3) is 17.1 Å². The van der Waals surface area contributed by atoms with Crippen molar-refractivity contribution in [3.63, 3.8) is 0 Å². The first-order chi connectivity index (χ1) is 12.4. The highest BCUT2D eigenvalue weighted by Gasteiger charge is 2.20. The van der Waals surface area contributed by atoms with E-state index in [4.69, 9.17) is 0 Å². The van der Waals surface area contributed by atoms with Gasteiger partial charge in [0.15, 0.2) is 5.82 Å². The fourth-order valence-corrected chi connectivity index (χ4v) is 3.94. The van der Waals surface area contributed by atoms with E-state index in [0.717, 1.165) is 32.3 Å². The van der Waals surface area contributed by atoms with Crippen molar-refractivity contribution < 1.29 is 0 Å². The van der Waals surface area contributed by atoms with E-state index in [1.54, 1.807) is 11.8 Å². The molecule has 26 heavy (non-hydrogen) atoms. The molecule has 6 heteroatoms. The highest BCUT2D eigenvalue weighted by atomic mass is 79.9. The minimum Gasteiger partial charge on any atom is -0.289 e. The Balaban J connectivity index is 1.66. The molecule has 0 bridgehead atoms. The zero-order chi connectivity index (χ0) is 18.3. The van der Waals surface area contributed by atoms with Crippen molar-refractivity contribution in [2.45, 2.75) is 31.3 Å². The van der Waals surface area contributed by atoms with Crippen LogP contribution >= 0.6 is 27.7 Å². The van der Waals surface area contributed by atoms with Crippen molar-refractivity contribution in [3.05, 3.63) is 69.5 Å². The SMILES string of the molecule is CC(C)(C)c1ccc(-c2nnc3n2NC(c2cccc(Br)c2)=CS3)cc1. The summed E-state index contributed by atoms with van der Waals surface area (Å²) in [6.45, 7) is 6.65. The molecule has 2 aromatic carbocycles. The second-order valence-electron chi connectivity index (χ2n) is 7.24. The molecule has 0 amide bonds. The third-order valence-electron chi connectivity index (χ3n) is 4.29. The topological polar surface area (TPSA) is 42.7 Å². The van der Waals surface area contributed by atoms with Crippen LogP contribution in [0.5, 0.6) is 0 Å². The van der Waals surface area contributed by atoms with E-state index in [9.17, 15) is 0 Å². The maximum absolute atomic E-state index is 4.39. The molecule has 0 spiro atoms. The van der Waals surface area contributed by atoms with Gasteiger partial charge in [0.1, 0.15) is 0 Å². The van der Waals surface area contributed by atoms with Crippen LogP contribution in [0.4, 0.5) is 0 Å². The zero-order valence-electron chi connectivity index (χ0n) is 14.8. The van der Waals surface area contributed by atoms with Crippen molar-refractivity contribution in [2.75, 3.05) is 5.43 Å². The number of nitrogens with one attached hydrogen (secondary N) is 1. The molecule has 4 nitrogen and oxygen atoms in total. The molecule has 0 atom stereocenters. The van der Waals surface area contributed by atoms with Gasteiger partial charge >= 0.3 is 0 Å². The van der Waals surface area contributed by atoms with E-state index in [1.165, 1.54) is 5.56 Å². The molecule has 0 saturated heterocycles. The van der Waals surface area contributed by atoms with Gasteiger partial charge in [-0.1, -0.05) is 84.9 Å². The van der Waals surface area contributed by atoms with Gasteiger partial charge in [0, 0.05) is 21.0 Å². The summed E-state index contributed by atoms with van der Waals surface area (Å²) in [5, 5.41) is 11.6. The maximum Gasteiger partial charge on any atom is 0.214 e. The van der Waals surface area contributed by atoms with Crippen LogP contribution in [-0.2, 0) is 5.41 Å². The zero-order valence-corrected chi connectivity index (χ0v) is 17.2. The molecular formula is C20H19BrN4S. The molecule has 0 saturated carbocycles. The van der Waals surface area contributed by atoms with Crippen LogP contribution in [0, 0.1) is 0 Å². The first-order valence-corrected chi connectivity index (χ1v) is 10.1. The molecule has 1 aliphatic heterocycles. The number of halogens is 1. The number of aromatic nitrogens is 3. The quantitative estimate of drug-likeness (QED) is 0.574. The van der Waals surface area contributed by atoms with Crippen molar-refractivity contribution in [1.82, 2.24) is 14.9 Å². The van der Waals surface area contributed by atoms with Crippen molar-refractivity contribution in [1.29, 1.82) is 0 Å². The standard InChI is InChI=1S/C20H19BrN4S/c1-20(2,3)15-9-7-13(8-10-15)18-22-23-19-25(18)24-17(12-26-19)14-5-4-6-16(21)11-14/h4-12,24H,1-3H3. The molecule has 0 radical (unpaired) electrons. The van der Waals surface area contributed by atoms with E-state index >= 15 is 0 Å². The predicted octanol–water partition coefficient (Wildman–Crippen LogP) is 5.65. The first kappa shape index (κ1) is 17.4. The third kappa shape index (κ3) is 3.31. The number of hydrogen-bond donors (Lipinski definition) is 1. The van der Waals surface area contributed by atoms with Crippen LogP contribution in [0.1, 0.15) is 31.9 Å². The van der Waals surface area contributed by atoms with Crippen LogP contribution in [0.15, 0.2) is 63.6 Å². The summed E-state index contributed by atoms with van der Waals surface area (Å²) < 4.78 is 3.00. The fourth-order valence-electron chi connectivity index (χ4n) is 2.80. The lowest BCUT2D eigenvalue weighted by Gasteiger charge is -2.20. The van der Waals surface area contributed by atoms with E-state index in [2.05, 4.69) is 94.1 Å². The number of thioether (sulfide) groups is 1. The van der Waals surface area contributed by atoms with E-state index in [1.807, 2.05) is 16.8 Å². The monoisotopic (exact) mass is 426 g/mol. The highest BCUT2D eigenvalue weighted by Crippen LogP contribution is 2.32. The fraction of sp³-hybridized carbons (Fsp3) is 0.200. The Hall–Kier alpha value is -2.05. The van der Waals surface area contributed by atoms with Gasteiger partial charge in [-0.15, -0.1) is 10.2 Å². The van der Waals surface area contributed by atoms with E-state index < -0.39 is 0 Å². The molecule has 132 valence electrons. The number of benzene rings is 2. The van der Waals surface area contributed by atoms with Gasteiger partial charge in [-0.05, 0) is 23.1 Å². The lowest BCUT2D eigenvalue weighted by atomic mass is 9.87. The Morgan fingerprint density at radius 3 is 2.46 bits per heavy atom. The van der Waals surface area contributed by atoms with Gasteiger partial charge in [0.05, 0.1) is 5.70 Å². The van der Waals surface area contributed by atoms with Crippen LogP contribution in [0.3, 0.4) is 0 Å². The Morgan fingerprint density at radius 1 is 1.00 bits per heavy atom. The molecule has 0 aliphatic carbocycles. The molecule has 3 aromatic rings.